The van der Waals surface area contributed by atoms with Crippen molar-refractivity contribution in [1.82, 2.24) is 14.7 Å². The Morgan fingerprint density at radius 2 is 1.88 bits per heavy atom. The van der Waals surface area contributed by atoms with Gasteiger partial charge < -0.3 is 14.8 Å². The molecule has 1 saturated carbocycles. The molecule has 1 aliphatic rings. The van der Waals surface area contributed by atoms with Gasteiger partial charge in [-0.2, -0.15) is 0 Å². The molecule has 8 heteroatoms. The third-order valence-corrected chi connectivity index (χ3v) is 6.81. The van der Waals surface area contributed by atoms with Crippen LogP contribution < -0.4 is 5.73 Å². The number of alkyl halides is 2. The summed E-state index contributed by atoms with van der Waals surface area (Å²) in [5.74, 6) is -2.15. The molecule has 4 aromatic rings. The highest BCUT2D eigenvalue weighted by Crippen LogP contribution is 2.39. The first-order valence-electron chi connectivity index (χ1n) is 11.4. The van der Waals surface area contributed by atoms with Crippen LogP contribution in [-0.4, -0.2) is 26.5 Å². The maximum absolute atomic E-state index is 13.7. The number of primary amides is 1. The van der Waals surface area contributed by atoms with Crippen LogP contribution in [0, 0.1) is 19.8 Å². The third-order valence-electron chi connectivity index (χ3n) is 6.81. The van der Waals surface area contributed by atoms with Crippen molar-refractivity contribution in [2.75, 3.05) is 0 Å². The van der Waals surface area contributed by atoms with E-state index < -0.39 is 11.8 Å². The summed E-state index contributed by atoms with van der Waals surface area (Å²) >= 11 is 0. The van der Waals surface area contributed by atoms with Crippen LogP contribution in [-0.2, 0) is 6.54 Å². The van der Waals surface area contributed by atoms with E-state index in [1.54, 1.807) is 12.1 Å². The van der Waals surface area contributed by atoms with Gasteiger partial charge in [-0.15, -0.1) is 0 Å². The molecule has 0 radical (unpaired) electrons. The number of aromatic nitrogens is 3. The molecule has 2 N–H and O–H groups in total. The van der Waals surface area contributed by atoms with Crippen LogP contribution in [0.4, 0.5) is 8.78 Å². The lowest BCUT2D eigenvalue weighted by Crippen LogP contribution is -2.26. The molecule has 1 aliphatic carbocycles. The van der Waals surface area contributed by atoms with Gasteiger partial charge in [0, 0.05) is 54.0 Å². The standard InChI is InChI=1S/C26H26F2N4O2/c1-15-23(16(2)34-31-15)20-11-22-24(30-12-20)21(18-3-5-19(6-4-18)25(29)33)14-32(22)13-17-7-9-26(27,28)10-8-17/h3-6,11-12,14,17H,7-10,13H2,1-2H3,(H2,29,33). The van der Waals surface area contributed by atoms with E-state index in [2.05, 4.69) is 15.8 Å². The minimum atomic E-state index is -2.55. The quantitative estimate of drug-likeness (QED) is 0.398. The van der Waals surface area contributed by atoms with Gasteiger partial charge in [0.15, 0.2) is 0 Å². The highest BCUT2D eigenvalue weighted by molar-refractivity contribution is 5.97. The number of fused-ring (bicyclic) bond motifs is 1. The fourth-order valence-corrected chi connectivity index (χ4v) is 4.94. The van der Waals surface area contributed by atoms with Crippen molar-refractivity contribution < 1.29 is 18.1 Å². The van der Waals surface area contributed by atoms with E-state index in [1.807, 2.05) is 38.4 Å². The van der Waals surface area contributed by atoms with Gasteiger partial charge in [-0.05, 0) is 56.4 Å². The predicted octanol–water partition coefficient (Wildman–Crippen LogP) is 5.90. The van der Waals surface area contributed by atoms with E-state index in [9.17, 15) is 13.6 Å². The van der Waals surface area contributed by atoms with E-state index in [1.165, 1.54) is 0 Å². The van der Waals surface area contributed by atoms with Crippen molar-refractivity contribution in [3.05, 3.63) is 59.7 Å². The summed E-state index contributed by atoms with van der Waals surface area (Å²) in [5.41, 5.74) is 12.0. The molecular formula is C26H26F2N4O2. The van der Waals surface area contributed by atoms with Gasteiger partial charge in [0.2, 0.25) is 11.8 Å². The van der Waals surface area contributed by atoms with E-state index in [4.69, 9.17) is 15.2 Å². The Hall–Kier alpha value is -3.55. The Kier molecular flexibility index (Phi) is 5.46. The second kappa shape index (κ2) is 8.34. The van der Waals surface area contributed by atoms with Crippen molar-refractivity contribution >= 4 is 16.9 Å². The van der Waals surface area contributed by atoms with Crippen LogP contribution in [0.3, 0.4) is 0 Å². The summed E-state index contributed by atoms with van der Waals surface area (Å²) in [5, 5.41) is 4.06. The van der Waals surface area contributed by atoms with E-state index in [0.717, 1.165) is 39.0 Å². The number of nitrogens with zero attached hydrogens (tertiary/aromatic N) is 3. The predicted molar refractivity (Wildman–Crippen MR) is 126 cm³/mol. The van der Waals surface area contributed by atoms with Gasteiger partial charge >= 0.3 is 0 Å². The molecule has 6 nitrogen and oxygen atoms in total. The van der Waals surface area contributed by atoms with Crippen LogP contribution >= 0.6 is 0 Å². The van der Waals surface area contributed by atoms with Crippen molar-refractivity contribution in [3.8, 4) is 22.3 Å². The number of pyridine rings is 1. The summed E-state index contributed by atoms with van der Waals surface area (Å²) in [6.45, 7) is 4.40. The number of amides is 1. The van der Waals surface area contributed by atoms with Crippen molar-refractivity contribution in [2.24, 2.45) is 11.7 Å². The molecule has 0 atom stereocenters. The Balaban J connectivity index is 1.59. The number of carbonyl (C=O) groups is 1. The molecule has 1 aromatic carbocycles. The summed E-state index contributed by atoms with van der Waals surface area (Å²) in [6.07, 6.45) is 4.68. The Morgan fingerprint density at radius 3 is 2.50 bits per heavy atom. The number of halogens is 2. The second-order valence-electron chi connectivity index (χ2n) is 9.23. The second-order valence-corrected chi connectivity index (χ2v) is 9.23. The lowest BCUT2D eigenvalue weighted by Gasteiger charge is -2.28. The van der Waals surface area contributed by atoms with Crippen LogP contribution in [0.1, 0.15) is 47.5 Å². The number of hydrogen-bond acceptors (Lipinski definition) is 4. The number of benzene rings is 1. The Morgan fingerprint density at radius 1 is 1.18 bits per heavy atom. The molecule has 0 saturated heterocycles. The van der Waals surface area contributed by atoms with Crippen LogP contribution in [0.5, 0.6) is 0 Å². The number of carbonyl (C=O) groups excluding carboxylic acids is 1. The number of hydrogen-bond donors (Lipinski definition) is 1. The molecule has 0 unspecified atom stereocenters. The van der Waals surface area contributed by atoms with E-state index in [0.29, 0.717) is 30.7 Å². The summed E-state index contributed by atoms with van der Waals surface area (Å²) in [4.78, 5) is 16.3. The van der Waals surface area contributed by atoms with Crippen molar-refractivity contribution in [2.45, 2.75) is 52.0 Å². The average molecular weight is 465 g/mol. The van der Waals surface area contributed by atoms with Gasteiger partial charge in [0.1, 0.15) is 5.76 Å². The fraction of sp³-hybridized carbons (Fsp3) is 0.346. The molecule has 1 fully saturated rings. The van der Waals surface area contributed by atoms with Crippen LogP contribution in [0.2, 0.25) is 0 Å². The molecule has 3 aromatic heterocycles. The number of nitrogens with two attached hydrogens (primary N) is 1. The maximum Gasteiger partial charge on any atom is 0.248 e. The van der Waals surface area contributed by atoms with Gasteiger partial charge in [0.05, 0.1) is 16.7 Å². The number of aryl methyl sites for hydroxylation is 2. The molecule has 176 valence electrons. The smallest absolute Gasteiger partial charge is 0.248 e. The summed E-state index contributed by atoms with van der Waals surface area (Å²) in [7, 11) is 0. The molecule has 34 heavy (non-hydrogen) atoms. The summed E-state index contributed by atoms with van der Waals surface area (Å²) in [6, 6.07) is 9.16. The van der Waals surface area contributed by atoms with E-state index in [-0.39, 0.29) is 18.8 Å². The molecule has 5 rings (SSSR count). The minimum absolute atomic E-state index is 0.0686. The normalized spacial score (nSPS) is 16.2. The van der Waals surface area contributed by atoms with Crippen LogP contribution in [0.25, 0.3) is 33.3 Å². The van der Waals surface area contributed by atoms with Gasteiger partial charge in [-0.1, -0.05) is 17.3 Å². The Labute approximate surface area is 195 Å². The van der Waals surface area contributed by atoms with Gasteiger partial charge in [-0.3, -0.25) is 9.78 Å². The molecule has 1 amide bonds. The monoisotopic (exact) mass is 464 g/mol. The maximum atomic E-state index is 13.7. The lowest BCUT2D eigenvalue weighted by molar-refractivity contribution is -0.0472. The first-order chi connectivity index (χ1) is 16.2. The molecule has 0 spiro atoms. The minimum Gasteiger partial charge on any atom is -0.366 e. The highest BCUT2D eigenvalue weighted by atomic mass is 19.3. The zero-order valence-corrected chi connectivity index (χ0v) is 19.1. The zero-order chi connectivity index (χ0) is 24.0. The lowest BCUT2D eigenvalue weighted by atomic mass is 9.87. The zero-order valence-electron chi connectivity index (χ0n) is 19.1. The summed E-state index contributed by atoms with van der Waals surface area (Å²) < 4.78 is 34.9. The first-order valence-corrected chi connectivity index (χ1v) is 11.4. The van der Waals surface area contributed by atoms with Crippen molar-refractivity contribution in [1.29, 1.82) is 0 Å². The fourth-order valence-electron chi connectivity index (χ4n) is 4.94. The van der Waals surface area contributed by atoms with Gasteiger partial charge in [0.25, 0.3) is 0 Å². The molecule has 0 aliphatic heterocycles. The molecular weight excluding hydrogens is 438 g/mol. The largest absolute Gasteiger partial charge is 0.366 e. The van der Waals surface area contributed by atoms with Crippen molar-refractivity contribution in [3.63, 3.8) is 0 Å². The Bertz CT molecular complexity index is 1340. The number of rotatable bonds is 5. The average Bonchev–Trinajstić information content (AvgIpc) is 3.34. The first kappa shape index (κ1) is 22.3. The topological polar surface area (TPSA) is 86.9 Å². The highest BCUT2D eigenvalue weighted by Gasteiger charge is 2.35. The third kappa shape index (κ3) is 4.08. The van der Waals surface area contributed by atoms with E-state index >= 15 is 0 Å². The SMILES string of the molecule is Cc1noc(C)c1-c1cnc2c(-c3ccc(C(N)=O)cc3)cn(CC3CCC(F)(F)CC3)c2c1. The van der Waals surface area contributed by atoms with Gasteiger partial charge in [-0.25, -0.2) is 8.78 Å². The molecule has 0 bridgehead atoms. The van der Waals surface area contributed by atoms with Crippen LogP contribution in [0.15, 0.2) is 47.2 Å². The molecule has 3 heterocycles.